The predicted molar refractivity (Wildman–Crippen MR) is 95.1 cm³/mol. The Bertz CT molecular complexity index is 537. The van der Waals surface area contributed by atoms with Crippen LogP contribution >= 0.6 is 0 Å². The van der Waals surface area contributed by atoms with Crippen LogP contribution in [0.25, 0.3) is 0 Å². The van der Waals surface area contributed by atoms with Gasteiger partial charge in [-0.1, -0.05) is 6.42 Å². The van der Waals surface area contributed by atoms with Crippen LogP contribution in [-0.2, 0) is 9.59 Å². The van der Waals surface area contributed by atoms with Crippen molar-refractivity contribution in [3.63, 3.8) is 0 Å². The zero-order valence-electron chi connectivity index (χ0n) is 15.3. The molecule has 4 heteroatoms. The van der Waals surface area contributed by atoms with E-state index in [0.717, 1.165) is 29.6 Å². The molecular weight excluding hydrogens is 312 g/mol. The van der Waals surface area contributed by atoms with Crippen LogP contribution in [-0.4, -0.2) is 11.8 Å². The third-order valence-corrected chi connectivity index (χ3v) is 8.37. The molecule has 6 aliphatic carbocycles. The zero-order valence-corrected chi connectivity index (χ0v) is 15.3. The zero-order chi connectivity index (χ0) is 17.0. The number of hydrogen-bond acceptors (Lipinski definition) is 2. The fourth-order valence-corrected chi connectivity index (χ4v) is 7.95. The number of rotatable bonds is 4. The fourth-order valence-electron chi connectivity index (χ4n) is 7.95. The molecule has 0 saturated heterocycles. The topological polar surface area (TPSA) is 58.2 Å². The first-order chi connectivity index (χ1) is 12.1. The molecular formula is C21H32N2O2. The molecule has 0 aromatic rings. The van der Waals surface area contributed by atoms with Gasteiger partial charge in [-0.15, -0.1) is 0 Å². The summed E-state index contributed by atoms with van der Waals surface area (Å²) in [6, 6.07) is 0. The van der Waals surface area contributed by atoms with Crippen molar-refractivity contribution in [1.29, 1.82) is 0 Å². The summed E-state index contributed by atoms with van der Waals surface area (Å²) >= 11 is 0. The van der Waals surface area contributed by atoms with Gasteiger partial charge in [0.15, 0.2) is 0 Å². The van der Waals surface area contributed by atoms with Gasteiger partial charge in [0.1, 0.15) is 0 Å². The van der Waals surface area contributed by atoms with E-state index in [4.69, 9.17) is 0 Å². The van der Waals surface area contributed by atoms with Crippen LogP contribution in [0, 0.1) is 40.9 Å². The lowest BCUT2D eigenvalue weighted by molar-refractivity contribution is -0.134. The summed E-state index contributed by atoms with van der Waals surface area (Å²) < 4.78 is 0. The lowest BCUT2D eigenvalue weighted by atomic mass is 9.49. The summed E-state index contributed by atoms with van der Waals surface area (Å²) in [5.41, 5.74) is 5.69. The van der Waals surface area contributed by atoms with E-state index in [1.165, 1.54) is 64.2 Å². The largest absolute Gasteiger partial charge is 0.273 e. The standard InChI is InChI=1S/C21H32N2O2/c24-19(8-18-7-13-1-2-17(18)6-13)22-23-20(25)12-21-9-14-3-15(10-21)5-16(4-14)11-21/h13-18H,1-12H2,(H,22,24)(H,23,25)/t13-,14?,15?,16?,17+,18+,21?/m0/s1. The van der Waals surface area contributed by atoms with E-state index >= 15 is 0 Å². The van der Waals surface area contributed by atoms with E-state index in [2.05, 4.69) is 10.9 Å². The first kappa shape index (κ1) is 16.1. The molecule has 0 radical (unpaired) electrons. The first-order valence-corrected chi connectivity index (χ1v) is 10.6. The van der Waals surface area contributed by atoms with Crippen molar-refractivity contribution >= 4 is 11.8 Å². The number of nitrogens with one attached hydrogen (secondary N) is 2. The Morgan fingerprint density at radius 2 is 1.40 bits per heavy atom. The van der Waals surface area contributed by atoms with Crippen molar-refractivity contribution in [2.75, 3.05) is 0 Å². The summed E-state index contributed by atoms with van der Waals surface area (Å²) in [6.45, 7) is 0. The molecule has 25 heavy (non-hydrogen) atoms. The maximum atomic E-state index is 12.5. The van der Waals surface area contributed by atoms with Crippen LogP contribution in [0.2, 0.25) is 0 Å². The SMILES string of the molecule is O=C(C[C@H]1C[C@H]2CC[C@@H]1C2)NNC(=O)CC12CC3CC(CC(C3)C1)C2. The van der Waals surface area contributed by atoms with Crippen molar-refractivity contribution in [3.05, 3.63) is 0 Å². The molecule has 138 valence electrons. The van der Waals surface area contributed by atoms with E-state index < -0.39 is 0 Å². The molecule has 4 nitrogen and oxygen atoms in total. The number of hydrogen-bond donors (Lipinski definition) is 2. The van der Waals surface area contributed by atoms with Crippen LogP contribution in [0.4, 0.5) is 0 Å². The summed E-state index contributed by atoms with van der Waals surface area (Å²) in [6.07, 6.45) is 14.4. The number of amides is 2. The molecule has 6 rings (SSSR count). The van der Waals surface area contributed by atoms with Gasteiger partial charge in [0.25, 0.3) is 0 Å². The molecule has 6 fully saturated rings. The van der Waals surface area contributed by atoms with E-state index in [0.29, 0.717) is 18.8 Å². The molecule has 2 N–H and O–H groups in total. The van der Waals surface area contributed by atoms with Crippen LogP contribution in [0.15, 0.2) is 0 Å². The maximum Gasteiger partial charge on any atom is 0.238 e. The molecule has 0 unspecified atom stereocenters. The Balaban J connectivity index is 1.10. The van der Waals surface area contributed by atoms with Gasteiger partial charge in [0.05, 0.1) is 0 Å². The van der Waals surface area contributed by atoms with Gasteiger partial charge in [-0.3, -0.25) is 20.4 Å². The Morgan fingerprint density at radius 1 is 0.760 bits per heavy atom. The second kappa shape index (κ2) is 5.99. The smallest absolute Gasteiger partial charge is 0.238 e. The van der Waals surface area contributed by atoms with Crippen LogP contribution in [0.1, 0.15) is 77.0 Å². The van der Waals surface area contributed by atoms with Gasteiger partial charge < -0.3 is 0 Å². The highest BCUT2D eigenvalue weighted by Gasteiger charge is 2.51. The van der Waals surface area contributed by atoms with Gasteiger partial charge >= 0.3 is 0 Å². The van der Waals surface area contributed by atoms with Crippen molar-refractivity contribution in [1.82, 2.24) is 10.9 Å². The van der Waals surface area contributed by atoms with E-state index in [-0.39, 0.29) is 17.2 Å². The highest BCUT2D eigenvalue weighted by molar-refractivity contribution is 5.82. The minimum absolute atomic E-state index is 0.0106. The minimum Gasteiger partial charge on any atom is -0.273 e. The van der Waals surface area contributed by atoms with Crippen LogP contribution < -0.4 is 10.9 Å². The lowest BCUT2D eigenvalue weighted by Crippen LogP contribution is -2.50. The summed E-state index contributed by atoms with van der Waals surface area (Å²) in [5.74, 6) is 4.83. The summed E-state index contributed by atoms with van der Waals surface area (Å²) in [5, 5.41) is 0. The first-order valence-electron chi connectivity index (χ1n) is 10.6. The van der Waals surface area contributed by atoms with E-state index in [1.807, 2.05) is 0 Å². The molecule has 2 amide bonds. The van der Waals surface area contributed by atoms with Crippen molar-refractivity contribution < 1.29 is 9.59 Å². The van der Waals surface area contributed by atoms with Crippen molar-refractivity contribution in [3.8, 4) is 0 Å². The Labute approximate surface area is 150 Å². The van der Waals surface area contributed by atoms with Crippen molar-refractivity contribution in [2.45, 2.75) is 77.0 Å². The van der Waals surface area contributed by atoms with E-state index in [9.17, 15) is 9.59 Å². The maximum absolute atomic E-state index is 12.5. The average molecular weight is 344 g/mol. The number of carbonyl (C=O) groups is 2. The molecule has 6 saturated carbocycles. The Hall–Kier alpha value is -1.06. The third-order valence-electron chi connectivity index (χ3n) is 8.37. The Kier molecular flexibility index (Phi) is 3.87. The molecule has 3 atom stereocenters. The third kappa shape index (κ3) is 3.10. The van der Waals surface area contributed by atoms with Crippen LogP contribution in [0.5, 0.6) is 0 Å². The Morgan fingerprint density at radius 3 is 1.96 bits per heavy atom. The fraction of sp³-hybridized carbons (Fsp3) is 0.905. The molecule has 6 aliphatic rings. The van der Waals surface area contributed by atoms with Gasteiger partial charge in [-0.05, 0) is 98.7 Å². The predicted octanol–water partition coefficient (Wildman–Crippen LogP) is 3.57. The molecule has 0 aromatic heterocycles. The lowest BCUT2D eigenvalue weighted by Gasteiger charge is -2.56. The highest BCUT2D eigenvalue weighted by Crippen LogP contribution is 2.61. The second-order valence-corrected chi connectivity index (χ2v) is 10.3. The summed E-state index contributed by atoms with van der Waals surface area (Å²) in [4.78, 5) is 24.7. The van der Waals surface area contributed by atoms with Crippen molar-refractivity contribution in [2.24, 2.45) is 40.9 Å². The molecule has 0 spiro atoms. The summed E-state index contributed by atoms with van der Waals surface area (Å²) in [7, 11) is 0. The minimum atomic E-state index is 0.0106. The number of hydrazine groups is 1. The van der Waals surface area contributed by atoms with E-state index in [1.54, 1.807) is 0 Å². The normalized spacial score (nSPS) is 46.4. The molecule has 0 aromatic carbocycles. The quantitative estimate of drug-likeness (QED) is 0.766. The number of carbonyl (C=O) groups excluding carboxylic acids is 2. The number of fused-ring (bicyclic) bond motifs is 2. The average Bonchev–Trinajstić information content (AvgIpc) is 3.14. The van der Waals surface area contributed by atoms with Gasteiger partial charge in [0.2, 0.25) is 11.8 Å². The van der Waals surface area contributed by atoms with Gasteiger partial charge in [-0.25, -0.2) is 0 Å². The van der Waals surface area contributed by atoms with Crippen LogP contribution in [0.3, 0.4) is 0 Å². The molecule has 0 aliphatic heterocycles. The van der Waals surface area contributed by atoms with Gasteiger partial charge in [-0.2, -0.15) is 0 Å². The van der Waals surface area contributed by atoms with Gasteiger partial charge in [0, 0.05) is 12.8 Å². The molecule has 6 bridgehead atoms. The monoisotopic (exact) mass is 344 g/mol. The second-order valence-electron chi connectivity index (χ2n) is 10.3. The highest BCUT2D eigenvalue weighted by atomic mass is 16.2. The molecule has 0 heterocycles.